The Balaban J connectivity index is 1.71. The number of carbonyl (C=O) groups is 1. The molecule has 0 radical (unpaired) electrons. The Morgan fingerprint density at radius 1 is 1.19 bits per heavy atom. The van der Waals surface area contributed by atoms with Crippen LogP contribution in [0, 0.1) is 6.92 Å². The molecule has 0 aliphatic heterocycles. The maximum Gasteiger partial charge on any atom is 0.263 e. The van der Waals surface area contributed by atoms with Crippen molar-refractivity contribution in [2.45, 2.75) is 19.9 Å². The first-order valence-corrected chi connectivity index (χ1v) is 11.3. The standard InChI is InChI=1S/C23H19Cl2N3O3S/c1-12(21(29)27-16-8-9-18(31-3)17(25)10-16)28-11-26-22-20(23(28)30)19(13(2)32-22)14-4-6-15(24)7-5-14/h4-12H,1-3H3,(H,27,29). The molecule has 4 aromatic rings. The highest BCUT2D eigenvalue weighted by Gasteiger charge is 2.22. The van der Waals surface area contributed by atoms with Crippen LogP contribution in [0.5, 0.6) is 5.75 Å². The minimum atomic E-state index is -0.793. The molecule has 2 aromatic heterocycles. The van der Waals surface area contributed by atoms with Crippen LogP contribution in [-0.2, 0) is 4.79 Å². The SMILES string of the molecule is COc1ccc(NC(=O)C(C)n2cnc3sc(C)c(-c4ccc(Cl)cc4)c3c2=O)cc1Cl. The molecule has 1 atom stereocenters. The largest absolute Gasteiger partial charge is 0.495 e. The lowest BCUT2D eigenvalue weighted by molar-refractivity contribution is -0.118. The van der Waals surface area contributed by atoms with Gasteiger partial charge in [-0.25, -0.2) is 4.98 Å². The van der Waals surface area contributed by atoms with Gasteiger partial charge in [0, 0.05) is 21.2 Å². The van der Waals surface area contributed by atoms with Crippen molar-refractivity contribution in [2.24, 2.45) is 0 Å². The Morgan fingerprint density at radius 3 is 2.56 bits per heavy atom. The number of halogens is 2. The fourth-order valence-corrected chi connectivity index (χ4v) is 4.86. The van der Waals surface area contributed by atoms with Gasteiger partial charge in [0.05, 0.1) is 23.8 Å². The summed E-state index contributed by atoms with van der Waals surface area (Å²) in [6.07, 6.45) is 1.41. The molecular formula is C23H19Cl2N3O3S. The number of amides is 1. The Labute approximate surface area is 198 Å². The van der Waals surface area contributed by atoms with E-state index in [1.165, 1.54) is 29.3 Å². The second kappa shape index (κ2) is 8.94. The molecule has 0 spiro atoms. The van der Waals surface area contributed by atoms with Gasteiger partial charge in [-0.3, -0.25) is 14.2 Å². The molecule has 9 heteroatoms. The van der Waals surface area contributed by atoms with Crippen LogP contribution in [0.25, 0.3) is 21.3 Å². The fourth-order valence-electron chi connectivity index (χ4n) is 3.47. The number of nitrogens with zero attached hydrogens (tertiary/aromatic N) is 2. The number of aromatic nitrogens is 2. The number of carbonyl (C=O) groups excluding carboxylic acids is 1. The van der Waals surface area contributed by atoms with Crippen LogP contribution in [0.15, 0.2) is 53.6 Å². The highest BCUT2D eigenvalue weighted by Crippen LogP contribution is 2.36. The van der Waals surface area contributed by atoms with Gasteiger partial charge in [0.1, 0.15) is 16.6 Å². The molecule has 1 N–H and O–H groups in total. The van der Waals surface area contributed by atoms with Crippen molar-refractivity contribution in [2.75, 3.05) is 12.4 Å². The van der Waals surface area contributed by atoms with Gasteiger partial charge in [0.25, 0.3) is 5.56 Å². The summed E-state index contributed by atoms with van der Waals surface area (Å²) in [6.45, 7) is 3.60. The molecule has 32 heavy (non-hydrogen) atoms. The topological polar surface area (TPSA) is 73.2 Å². The fraction of sp³-hybridized carbons (Fsp3) is 0.174. The molecular weight excluding hydrogens is 469 g/mol. The zero-order chi connectivity index (χ0) is 23.0. The molecule has 1 amide bonds. The zero-order valence-electron chi connectivity index (χ0n) is 17.5. The van der Waals surface area contributed by atoms with Crippen molar-refractivity contribution < 1.29 is 9.53 Å². The van der Waals surface area contributed by atoms with E-state index < -0.39 is 6.04 Å². The molecule has 4 rings (SSSR count). The van der Waals surface area contributed by atoms with E-state index >= 15 is 0 Å². The van der Waals surface area contributed by atoms with Crippen molar-refractivity contribution in [1.82, 2.24) is 9.55 Å². The highest BCUT2D eigenvalue weighted by atomic mass is 35.5. The lowest BCUT2D eigenvalue weighted by Gasteiger charge is -2.15. The van der Waals surface area contributed by atoms with Gasteiger partial charge < -0.3 is 10.1 Å². The van der Waals surface area contributed by atoms with Crippen molar-refractivity contribution in [3.8, 4) is 16.9 Å². The number of aryl methyl sites for hydroxylation is 1. The Kier molecular flexibility index (Phi) is 6.24. The van der Waals surface area contributed by atoms with E-state index in [4.69, 9.17) is 27.9 Å². The number of fused-ring (bicyclic) bond motifs is 1. The van der Waals surface area contributed by atoms with Gasteiger partial charge in [0.15, 0.2) is 0 Å². The second-order valence-electron chi connectivity index (χ2n) is 7.19. The molecule has 2 aromatic carbocycles. The lowest BCUT2D eigenvalue weighted by atomic mass is 10.0. The summed E-state index contributed by atoms with van der Waals surface area (Å²) in [6, 6.07) is 11.5. The third kappa shape index (κ3) is 4.11. The molecule has 0 bridgehead atoms. The van der Waals surface area contributed by atoms with Crippen molar-refractivity contribution in [3.05, 3.63) is 74.1 Å². The van der Waals surface area contributed by atoms with Crippen molar-refractivity contribution in [1.29, 1.82) is 0 Å². The van der Waals surface area contributed by atoms with Crippen LogP contribution < -0.4 is 15.6 Å². The summed E-state index contributed by atoms with van der Waals surface area (Å²) in [7, 11) is 1.52. The smallest absolute Gasteiger partial charge is 0.263 e. The predicted octanol–water partition coefficient (Wildman–Crippen LogP) is 5.95. The molecule has 164 valence electrons. The molecule has 1 unspecified atom stereocenters. The molecule has 2 heterocycles. The van der Waals surface area contributed by atoms with Crippen LogP contribution >= 0.6 is 34.5 Å². The first kappa shape index (κ1) is 22.3. The number of rotatable bonds is 5. The van der Waals surface area contributed by atoms with Crippen LogP contribution in [0.1, 0.15) is 17.8 Å². The third-order valence-electron chi connectivity index (χ3n) is 5.16. The summed E-state index contributed by atoms with van der Waals surface area (Å²) in [5.74, 6) is 0.139. The first-order valence-electron chi connectivity index (χ1n) is 9.70. The quantitative estimate of drug-likeness (QED) is 0.377. The van der Waals surface area contributed by atoms with E-state index in [-0.39, 0.29) is 11.5 Å². The van der Waals surface area contributed by atoms with Gasteiger partial charge in [-0.2, -0.15) is 0 Å². The normalized spacial score (nSPS) is 12.0. The van der Waals surface area contributed by atoms with E-state index in [0.717, 1.165) is 16.0 Å². The number of hydrogen-bond donors (Lipinski definition) is 1. The van der Waals surface area contributed by atoms with Crippen molar-refractivity contribution >= 4 is 56.3 Å². The Hall–Kier alpha value is -2.87. The number of benzene rings is 2. The first-order chi connectivity index (χ1) is 15.3. The third-order valence-corrected chi connectivity index (χ3v) is 6.72. The average molecular weight is 488 g/mol. The highest BCUT2D eigenvalue weighted by molar-refractivity contribution is 7.19. The Bertz CT molecular complexity index is 1380. The monoisotopic (exact) mass is 487 g/mol. The van der Waals surface area contributed by atoms with Gasteiger partial charge in [-0.05, 0) is 49.7 Å². The average Bonchev–Trinajstić information content (AvgIpc) is 3.11. The van der Waals surface area contributed by atoms with E-state index in [1.54, 1.807) is 37.3 Å². The number of methoxy groups -OCH3 is 1. The lowest BCUT2D eigenvalue weighted by Crippen LogP contribution is -2.31. The van der Waals surface area contributed by atoms with Crippen LogP contribution in [-0.4, -0.2) is 22.6 Å². The minimum Gasteiger partial charge on any atom is -0.495 e. The maximum atomic E-state index is 13.4. The number of nitrogens with one attached hydrogen (secondary N) is 1. The summed E-state index contributed by atoms with van der Waals surface area (Å²) in [4.78, 5) is 32.4. The van der Waals surface area contributed by atoms with E-state index in [9.17, 15) is 9.59 Å². The van der Waals surface area contributed by atoms with Gasteiger partial charge in [-0.1, -0.05) is 35.3 Å². The summed E-state index contributed by atoms with van der Waals surface area (Å²) in [5, 5.41) is 4.27. The number of thiophene rings is 1. The second-order valence-corrected chi connectivity index (χ2v) is 9.24. The number of anilines is 1. The van der Waals surface area contributed by atoms with Crippen molar-refractivity contribution in [3.63, 3.8) is 0 Å². The summed E-state index contributed by atoms with van der Waals surface area (Å²) >= 11 is 13.6. The summed E-state index contributed by atoms with van der Waals surface area (Å²) in [5.41, 5.74) is 1.91. The number of ether oxygens (including phenoxy) is 1. The zero-order valence-corrected chi connectivity index (χ0v) is 19.8. The van der Waals surface area contributed by atoms with Crippen LogP contribution in [0.4, 0.5) is 5.69 Å². The summed E-state index contributed by atoms with van der Waals surface area (Å²) < 4.78 is 6.47. The van der Waals surface area contributed by atoms with E-state index in [1.807, 2.05) is 19.1 Å². The van der Waals surface area contributed by atoms with Gasteiger partial charge >= 0.3 is 0 Å². The van der Waals surface area contributed by atoms with E-state index in [0.29, 0.717) is 31.7 Å². The number of hydrogen-bond acceptors (Lipinski definition) is 5. The molecule has 6 nitrogen and oxygen atoms in total. The van der Waals surface area contributed by atoms with Crippen LogP contribution in [0.2, 0.25) is 10.0 Å². The minimum absolute atomic E-state index is 0.278. The molecule has 0 fully saturated rings. The predicted molar refractivity (Wildman–Crippen MR) is 130 cm³/mol. The molecule has 0 aliphatic rings. The van der Waals surface area contributed by atoms with Gasteiger partial charge in [0.2, 0.25) is 5.91 Å². The maximum absolute atomic E-state index is 13.4. The van der Waals surface area contributed by atoms with E-state index in [2.05, 4.69) is 10.3 Å². The molecule has 0 saturated carbocycles. The molecule has 0 saturated heterocycles. The Morgan fingerprint density at radius 2 is 1.91 bits per heavy atom. The van der Waals surface area contributed by atoms with Crippen LogP contribution in [0.3, 0.4) is 0 Å². The van der Waals surface area contributed by atoms with Gasteiger partial charge in [-0.15, -0.1) is 11.3 Å². The molecule has 0 aliphatic carbocycles.